The number of hydrogen-bond acceptors (Lipinski definition) is 5. The van der Waals surface area contributed by atoms with Gasteiger partial charge in [-0.1, -0.05) is 48.0 Å². The van der Waals surface area contributed by atoms with E-state index in [1.807, 2.05) is 49.1 Å². The lowest BCUT2D eigenvalue weighted by molar-refractivity contribution is 0.495. The molecule has 38 heavy (non-hydrogen) atoms. The third-order valence-electron chi connectivity index (χ3n) is 6.81. The van der Waals surface area contributed by atoms with Gasteiger partial charge in [-0.3, -0.25) is 4.79 Å². The second-order valence-electron chi connectivity index (χ2n) is 9.05. The van der Waals surface area contributed by atoms with Crippen LogP contribution in [0.1, 0.15) is 31.2 Å². The zero-order chi connectivity index (χ0) is 26.6. The average molecular weight is 542 g/mol. The number of anilines is 1. The molecule has 3 aromatic carbocycles. The summed E-state index contributed by atoms with van der Waals surface area (Å²) in [4.78, 5) is 24.9. The van der Waals surface area contributed by atoms with Gasteiger partial charge in [0, 0.05) is 5.02 Å². The van der Waals surface area contributed by atoms with E-state index in [9.17, 15) is 9.18 Å². The minimum Gasteiger partial charge on any atom is -0.458 e. The van der Waals surface area contributed by atoms with Gasteiger partial charge in [-0.2, -0.15) is 0 Å². The first-order valence-corrected chi connectivity index (χ1v) is 13.0. The van der Waals surface area contributed by atoms with Crippen molar-refractivity contribution in [1.82, 2.24) is 9.97 Å². The van der Waals surface area contributed by atoms with Gasteiger partial charge in [0.15, 0.2) is 0 Å². The number of hydrogen-bond donors (Lipinski definition) is 0. The number of nitrogens with zero attached hydrogens (tertiary/aromatic N) is 3. The lowest BCUT2D eigenvalue weighted by atomic mass is 9.95. The summed E-state index contributed by atoms with van der Waals surface area (Å²) >= 11 is 6.32. The van der Waals surface area contributed by atoms with Crippen molar-refractivity contribution in [3.63, 3.8) is 0 Å². The fourth-order valence-electron chi connectivity index (χ4n) is 5.03. The average Bonchev–Trinajstić information content (AvgIpc) is 2.91. The van der Waals surface area contributed by atoms with E-state index >= 15 is 0 Å². The number of benzene rings is 3. The quantitative estimate of drug-likeness (QED) is 0.297. The molecule has 2 aromatic heterocycles. The summed E-state index contributed by atoms with van der Waals surface area (Å²) in [6, 6.07) is 18.5. The first-order valence-electron chi connectivity index (χ1n) is 12.1. The summed E-state index contributed by atoms with van der Waals surface area (Å²) in [6.45, 7) is 3.88. The Morgan fingerprint density at radius 2 is 1.87 bits per heavy atom. The monoisotopic (exact) mass is 541 g/mol. The fraction of sp³-hybridized carbons (Fsp3) is 0.100. The molecule has 1 aliphatic rings. The van der Waals surface area contributed by atoms with Gasteiger partial charge in [0.05, 0.1) is 33.3 Å². The molecule has 0 aliphatic carbocycles. The van der Waals surface area contributed by atoms with Gasteiger partial charge in [0.1, 0.15) is 29.3 Å². The molecule has 188 valence electrons. The zero-order valence-electron chi connectivity index (χ0n) is 20.6. The highest BCUT2D eigenvalue weighted by Crippen LogP contribution is 2.40. The SMILES string of the molecule is CC=c1ncnc2c1=C(c1ccc(Cl)c(P)c1)N2C(C)c1oc2ccccc2c(=O)c1-c1cccc(F)c1. The van der Waals surface area contributed by atoms with Crippen molar-refractivity contribution < 1.29 is 8.81 Å². The molecule has 8 heteroatoms. The summed E-state index contributed by atoms with van der Waals surface area (Å²) in [5.74, 6) is 0.709. The second kappa shape index (κ2) is 9.46. The van der Waals surface area contributed by atoms with Crippen molar-refractivity contribution in [3.05, 3.63) is 116 Å². The highest BCUT2D eigenvalue weighted by Gasteiger charge is 2.36. The smallest absolute Gasteiger partial charge is 0.200 e. The molecule has 2 atom stereocenters. The molecule has 0 amide bonds. The number of rotatable bonds is 4. The molecule has 5 nitrogen and oxygen atoms in total. The third-order valence-corrected chi connectivity index (χ3v) is 7.82. The Balaban J connectivity index is 1.63. The van der Waals surface area contributed by atoms with Crippen LogP contribution in [0.25, 0.3) is 33.9 Å². The molecular formula is C30H22ClFN3O2P. The van der Waals surface area contributed by atoms with Gasteiger partial charge in [-0.25, -0.2) is 14.4 Å². The summed E-state index contributed by atoms with van der Waals surface area (Å²) in [5.41, 5.74) is 2.84. The maximum Gasteiger partial charge on any atom is 0.200 e. The van der Waals surface area contributed by atoms with Crippen molar-refractivity contribution in [2.45, 2.75) is 19.9 Å². The van der Waals surface area contributed by atoms with E-state index in [0.717, 1.165) is 33.0 Å². The highest BCUT2D eigenvalue weighted by atomic mass is 35.5. The Labute approximate surface area is 225 Å². The predicted octanol–water partition coefficient (Wildman–Crippen LogP) is 5.08. The molecule has 0 spiro atoms. The van der Waals surface area contributed by atoms with E-state index < -0.39 is 11.9 Å². The maximum absolute atomic E-state index is 14.3. The molecule has 3 heterocycles. The Kier molecular flexibility index (Phi) is 6.10. The van der Waals surface area contributed by atoms with Crippen LogP contribution in [0.2, 0.25) is 5.02 Å². The van der Waals surface area contributed by atoms with Gasteiger partial charge in [0.2, 0.25) is 5.43 Å². The van der Waals surface area contributed by atoms with Crippen LogP contribution in [0, 0.1) is 5.82 Å². The van der Waals surface area contributed by atoms with Crippen molar-refractivity contribution in [1.29, 1.82) is 0 Å². The summed E-state index contributed by atoms with van der Waals surface area (Å²) in [5, 5.41) is 3.64. The molecule has 0 fully saturated rings. The summed E-state index contributed by atoms with van der Waals surface area (Å²) in [6.07, 6.45) is 3.46. The van der Waals surface area contributed by atoms with Crippen LogP contribution < -0.4 is 26.2 Å². The van der Waals surface area contributed by atoms with E-state index in [0.29, 0.717) is 32.9 Å². The Morgan fingerprint density at radius 1 is 1.05 bits per heavy atom. The molecule has 6 rings (SSSR count). The molecule has 0 N–H and O–H groups in total. The number of halogens is 2. The highest BCUT2D eigenvalue weighted by molar-refractivity contribution is 7.28. The molecule has 1 aliphatic heterocycles. The van der Waals surface area contributed by atoms with Crippen molar-refractivity contribution >= 4 is 54.7 Å². The number of fused-ring (bicyclic) bond motifs is 2. The first-order chi connectivity index (χ1) is 18.4. The van der Waals surface area contributed by atoms with E-state index in [2.05, 4.69) is 19.2 Å². The van der Waals surface area contributed by atoms with Crippen molar-refractivity contribution in [2.24, 2.45) is 0 Å². The number of para-hydroxylation sites is 1. The Morgan fingerprint density at radius 3 is 2.63 bits per heavy atom. The van der Waals surface area contributed by atoms with Gasteiger partial charge in [-0.05, 0) is 66.7 Å². The van der Waals surface area contributed by atoms with E-state index in [4.69, 9.17) is 16.0 Å². The van der Waals surface area contributed by atoms with Crippen LogP contribution in [0.5, 0.6) is 0 Å². The van der Waals surface area contributed by atoms with Crippen LogP contribution >= 0.6 is 20.8 Å². The minimum absolute atomic E-state index is 0.217. The van der Waals surface area contributed by atoms with E-state index in [1.54, 1.807) is 30.3 Å². The summed E-state index contributed by atoms with van der Waals surface area (Å²) in [7, 11) is 2.66. The van der Waals surface area contributed by atoms with Crippen LogP contribution in [0.4, 0.5) is 10.2 Å². The largest absolute Gasteiger partial charge is 0.458 e. The van der Waals surface area contributed by atoms with Crippen molar-refractivity contribution in [3.8, 4) is 11.1 Å². The van der Waals surface area contributed by atoms with E-state index in [-0.39, 0.29) is 5.43 Å². The second-order valence-corrected chi connectivity index (χ2v) is 10.1. The lowest BCUT2D eigenvalue weighted by Gasteiger charge is -2.39. The standard InChI is InChI=1S/C30H22ClFN3O2P/c1-3-22-26-27(18-11-12-21(31)24(38)14-18)35(30(26)34-15-33-22)16(2)29-25(17-7-6-8-19(32)13-17)28(36)20-9-4-5-10-23(20)37-29/h3-16H,38H2,1-2H3. The van der Waals surface area contributed by atoms with E-state index in [1.165, 1.54) is 18.5 Å². The van der Waals surface area contributed by atoms with Crippen LogP contribution in [-0.2, 0) is 0 Å². The molecule has 0 radical (unpaired) electrons. The molecule has 0 saturated heterocycles. The van der Waals surface area contributed by atoms with Gasteiger partial charge in [0.25, 0.3) is 0 Å². The molecular weight excluding hydrogens is 520 g/mol. The lowest BCUT2D eigenvalue weighted by Crippen LogP contribution is -2.51. The van der Waals surface area contributed by atoms with Crippen LogP contribution in [0.3, 0.4) is 0 Å². The van der Waals surface area contributed by atoms with Gasteiger partial charge >= 0.3 is 0 Å². The fourth-order valence-corrected chi connectivity index (χ4v) is 5.42. The van der Waals surface area contributed by atoms with Crippen LogP contribution in [-0.4, -0.2) is 9.97 Å². The molecule has 5 aromatic rings. The van der Waals surface area contributed by atoms with Crippen molar-refractivity contribution in [2.75, 3.05) is 4.90 Å². The summed E-state index contributed by atoms with van der Waals surface area (Å²) < 4.78 is 20.8. The zero-order valence-corrected chi connectivity index (χ0v) is 22.5. The molecule has 2 unspecified atom stereocenters. The first kappa shape index (κ1) is 24.5. The molecule has 0 bridgehead atoms. The Bertz CT molecular complexity index is 1940. The predicted molar refractivity (Wildman–Crippen MR) is 153 cm³/mol. The Hall–Kier alpha value is -3.86. The topological polar surface area (TPSA) is 59.2 Å². The normalized spacial score (nSPS) is 14.0. The maximum atomic E-state index is 14.3. The minimum atomic E-state index is -0.462. The van der Waals surface area contributed by atoms with Crippen LogP contribution in [0.15, 0.2) is 82.3 Å². The third kappa shape index (κ3) is 3.84. The number of aromatic nitrogens is 2. The van der Waals surface area contributed by atoms with Gasteiger partial charge < -0.3 is 9.32 Å². The molecule has 0 saturated carbocycles. The van der Waals surface area contributed by atoms with Gasteiger partial charge in [-0.15, -0.1) is 9.24 Å².